The molecule has 0 aliphatic carbocycles. The highest BCUT2D eigenvalue weighted by Gasteiger charge is 2.21. The smallest absolute Gasteiger partial charge is 0.200 e. The van der Waals surface area contributed by atoms with E-state index in [1.807, 2.05) is 0 Å². The summed E-state index contributed by atoms with van der Waals surface area (Å²) in [6.45, 7) is 0. The molecule has 0 saturated carbocycles. The maximum atomic E-state index is 3.63. The lowest BCUT2D eigenvalue weighted by Crippen LogP contribution is -2.31. The van der Waals surface area contributed by atoms with Gasteiger partial charge >= 0.3 is 0 Å². The van der Waals surface area contributed by atoms with E-state index in [9.17, 15) is 0 Å². The van der Waals surface area contributed by atoms with Gasteiger partial charge in [-0.3, -0.25) is 0 Å². The summed E-state index contributed by atoms with van der Waals surface area (Å²) < 4.78 is 3.33. The van der Waals surface area contributed by atoms with Crippen molar-refractivity contribution in [1.29, 1.82) is 0 Å². The van der Waals surface area contributed by atoms with Crippen LogP contribution >= 0.6 is 15.9 Å². The molecule has 0 bridgehead atoms. The van der Waals surface area contributed by atoms with Crippen molar-refractivity contribution in [2.45, 2.75) is 0 Å². The second kappa shape index (κ2) is 6.21. The highest BCUT2D eigenvalue weighted by Crippen LogP contribution is 2.36. The van der Waals surface area contributed by atoms with E-state index in [0.717, 1.165) is 4.47 Å². The molecule has 0 unspecified atom stereocenters. The number of aromatic nitrogens is 1. The third kappa shape index (κ3) is 2.63. The molecule has 3 aromatic carbocycles. The Bertz CT molecular complexity index is 1010. The molecule has 0 radical (unpaired) electrons. The number of aryl methyl sites for hydroxylation is 1. The molecule has 116 valence electrons. The molecule has 1 heterocycles. The predicted octanol–water partition coefficient (Wildman–Crippen LogP) is 5.76. The molecule has 0 aliphatic rings. The third-order valence-electron chi connectivity index (χ3n) is 4.32. The van der Waals surface area contributed by atoms with E-state index in [4.69, 9.17) is 0 Å². The number of hydrogen-bond acceptors (Lipinski definition) is 0. The van der Waals surface area contributed by atoms with Crippen molar-refractivity contribution in [3.63, 3.8) is 0 Å². The van der Waals surface area contributed by atoms with E-state index >= 15 is 0 Å². The van der Waals surface area contributed by atoms with Crippen LogP contribution in [0.2, 0.25) is 0 Å². The van der Waals surface area contributed by atoms with Gasteiger partial charge in [0, 0.05) is 20.8 Å². The Labute approximate surface area is 150 Å². The van der Waals surface area contributed by atoms with Crippen LogP contribution in [0.4, 0.5) is 0 Å². The van der Waals surface area contributed by atoms with Crippen LogP contribution in [-0.4, -0.2) is 0 Å². The average molecular weight is 375 g/mol. The van der Waals surface area contributed by atoms with E-state index in [0.29, 0.717) is 0 Å². The van der Waals surface area contributed by atoms with Crippen LogP contribution in [0.25, 0.3) is 33.2 Å². The summed E-state index contributed by atoms with van der Waals surface area (Å²) in [5.41, 5.74) is 4.95. The van der Waals surface area contributed by atoms with Crippen molar-refractivity contribution in [3.05, 3.63) is 89.5 Å². The predicted molar refractivity (Wildman–Crippen MR) is 104 cm³/mol. The van der Waals surface area contributed by atoms with E-state index in [2.05, 4.69) is 113 Å². The number of fused-ring (bicyclic) bond motifs is 1. The third-order valence-corrected chi connectivity index (χ3v) is 4.81. The van der Waals surface area contributed by atoms with Gasteiger partial charge in [-0.05, 0) is 35.9 Å². The first-order valence-corrected chi connectivity index (χ1v) is 8.76. The number of rotatable bonds is 2. The zero-order chi connectivity index (χ0) is 16.5. The van der Waals surface area contributed by atoms with Crippen molar-refractivity contribution in [2.75, 3.05) is 0 Å². The fourth-order valence-corrected chi connectivity index (χ4v) is 3.64. The minimum atomic E-state index is 1.10. The Balaban J connectivity index is 2.17. The van der Waals surface area contributed by atoms with Crippen LogP contribution in [0.1, 0.15) is 0 Å². The normalized spacial score (nSPS) is 10.9. The summed E-state index contributed by atoms with van der Waals surface area (Å²) >= 11 is 3.63. The largest absolute Gasteiger partial charge is 0.220 e. The summed E-state index contributed by atoms with van der Waals surface area (Å²) in [6.07, 6.45) is 2.20. The van der Waals surface area contributed by atoms with Gasteiger partial charge < -0.3 is 0 Å². The molecule has 2 heteroatoms. The van der Waals surface area contributed by atoms with Gasteiger partial charge in [0.15, 0.2) is 6.20 Å². The average Bonchev–Trinajstić information content (AvgIpc) is 2.62. The Morgan fingerprint density at radius 3 is 2.04 bits per heavy atom. The van der Waals surface area contributed by atoms with Crippen LogP contribution in [-0.2, 0) is 7.05 Å². The quantitative estimate of drug-likeness (QED) is 0.392. The molecule has 1 nitrogen and oxygen atoms in total. The fourth-order valence-electron chi connectivity index (χ4n) is 3.28. The van der Waals surface area contributed by atoms with Gasteiger partial charge in [-0.1, -0.05) is 64.5 Å². The summed E-state index contributed by atoms with van der Waals surface area (Å²) in [6, 6.07) is 27.7. The summed E-state index contributed by atoms with van der Waals surface area (Å²) in [4.78, 5) is 0. The molecule has 4 rings (SSSR count). The van der Waals surface area contributed by atoms with Crippen molar-refractivity contribution in [1.82, 2.24) is 0 Å². The lowest BCUT2D eigenvalue weighted by atomic mass is 9.94. The molecule has 1 aromatic heterocycles. The van der Waals surface area contributed by atoms with Crippen LogP contribution in [0.15, 0.2) is 89.5 Å². The number of nitrogens with zero attached hydrogens (tertiary/aromatic N) is 1. The zero-order valence-corrected chi connectivity index (χ0v) is 15.0. The lowest BCUT2D eigenvalue weighted by molar-refractivity contribution is -0.658. The van der Waals surface area contributed by atoms with Crippen LogP contribution in [0, 0.1) is 0 Å². The van der Waals surface area contributed by atoms with Crippen molar-refractivity contribution >= 4 is 26.7 Å². The molecule has 0 spiro atoms. The maximum absolute atomic E-state index is 3.63. The molecular formula is C22H17BrN+. The van der Waals surface area contributed by atoms with Crippen molar-refractivity contribution < 1.29 is 4.57 Å². The molecule has 4 aromatic rings. The van der Waals surface area contributed by atoms with Gasteiger partial charge in [-0.15, -0.1) is 0 Å². The molecule has 0 N–H and O–H groups in total. The van der Waals surface area contributed by atoms with Gasteiger partial charge in [0.25, 0.3) is 0 Å². The molecule has 0 fully saturated rings. The number of halogens is 1. The molecule has 0 aliphatic heterocycles. The molecule has 0 atom stereocenters. The number of benzene rings is 3. The molecule has 0 amide bonds. The highest BCUT2D eigenvalue weighted by atomic mass is 79.9. The topological polar surface area (TPSA) is 3.88 Å². The highest BCUT2D eigenvalue weighted by molar-refractivity contribution is 9.10. The Morgan fingerprint density at radius 2 is 1.38 bits per heavy atom. The monoisotopic (exact) mass is 374 g/mol. The van der Waals surface area contributed by atoms with Gasteiger partial charge in [-0.2, -0.15) is 4.57 Å². The number of hydrogen-bond donors (Lipinski definition) is 0. The number of pyridine rings is 1. The SMILES string of the molecule is C[n+]1cc2ccc(Br)cc2c(-c2ccccc2)c1-c1ccccc1. The maximum Gasteiger partial charge on any atom is 0.220 e. The molecular weight excluding hydrogens is 358 g/mol. The summed E-state index contributed by atoms with van der Waals surface area (Å²) in [5, 5.41) is 2.49. The zero-order valence-electron chi connectivity index (χ0n) is 13.4. The van der Waals surface area contributed by atoms with Gasteiger partial charge in [0.05, 0.1) is 5.56 Å². The summed E-state index contributed by atoms with van der Waals surface area (Å²) in [7, 11) is 2.12. The van der Waals surface area contributed by atoms with E-state index in [1.165, 1.54) is 33.2 Å². The Hall–Kier alpha value is -2.45. The van der Waals surface area contributed by atoms with Gasteiger partial charge in [0.2, 0.25) is 5.69 Å². The molecule has 0 saturated heterocycles. The Kier molecular flexibility index (Phi) is 3.91. The van der Waals surface area contributed by atoms with Crippen molar-refractivity contribution in [3.8, 4) is 22.4 Å². The van der Waals surface area contributed by atoms with Gasteiger partial charge in [0.1, 0.15) is 7.05 Å². The minimum absolute atomic E-state index is 1.10. The summed E-state index contributed by atoms with van der Waals surface area (Å²) in [5.74, 6) is 0. The van der Waals surface area contributed by atoms with Gasteiger partial charge in [-0.25, -0.2) is 0 Å². The first-order valence-electron chi connectivity index (χ1n) is 7.97. The van der Waals surface area contributed by atoms with E-state index in [-0.39, 0.29) is 0 Å². The van der Waals surface area contributed by atoms with Crippen LogP contribution in [0.3, 0.4) is 0 Å². The van der Waals surface area contributed by atoms with Crippen LogP contribution in [0.5, 0.6) is 0 Å². The second-order valence-electron chi connectivity index (χ2n) is 5.93. The van der Waals surface area contributed by atoms with Crippen molar-refractivity contribution in [2.24, 2.45) is 7.05 Å². The first-order chi connectivity index (χ1) is 11.7. The van der Waals surface area contributed by atoms with E-state index in [1.54, 1.807) is 0 Å². The lowest BCUT2D eigenvalue weighted by Gasteiger charge is -2.12. The second-order valence-corrected chi connectivity index (χ2v) is 6.84. The van der Waals surface area contributed by atoms with E-state index < -0.39 is 0 Å². The standard InChI is InChI=1S/C22H17BrN/c1-24-15-18-12-13-19(23)14-20(18)21(16-8-4-2-5-9-16)22(24)17-10-6-3-7-11-17/h2-15H,1H3/q+1. The first kappa shape index (κ1) is 15.1. The fraction of sp³-hybridized carbons (Fsp3) is 0.0455. The molecule has 24 heavy (non-hydrogen) atoms. The minimum Gasteiger partial charge on any atom is -0.200 e. The van der Waals surface area contributed by atoms with Crippen LogP contribution < -0.4 is 4.57 Å². The Morgan fingerprint density at radius 1 is 0.750 bits per heavy atom.